The average Bonchev–Trinajstić information content (AvgIpc) is 3.14. The Labute approximate surface area is 128 Å². The van der Waals surface area contributed by atoms with E-state index in [1.54, 1.807) is 9.80 Å². The Balaban J connectivity index is 1.79. The van der Waals surface area contributed by atoms with Crippen molar-refractivity contribution < 1.29 is 14.3 Å². The van der Waals surface area contributed by atoms with Crippen molar-refractivity contribution in [2.45, 2.75) is 13.0 Å². The van der Waals surface area contributed by atoms with Gasteiger partial charge in [0.1, 0.15) is 11.9 Å². The summed E-state index contributed by atoms with van der Waals surface area (Å²) in [5.74, 6) is 0.664. The van der Waals surface area contributed by atoms with Crippen LogP contribution in [-0.2, 0) is 9.53 Å². The molecule has 2 heterocycles. The van der Waals surface area contributed by atoms with Crippen molar-refractivity contribution >= 4 is 23.5 Å². The van der Waals surface area contributed by atoms with E-state index >= 15 is 0 Å². The molecule has 1 aromatic rings. The van der Waals surface area contributed by atoms with E-state index in [9.17, 15) is 9.59 Å². The van der Waals surface area contributed by atoms with Gasteiger partial charge < -0.3 is 10.5 Å². The molecule has 2 N–H and O–H groups in total. The molecule has 2 aliphatic rings. The molecule has 1 atom stereocenters. The highest BCUT2D eigenvalue weighted by molar-refractivity contribution is 6.08. The highest BCUT2D eigenvalue weighted by atomic mass is 16.6. The maximum Gasteiger partial charge on any atom is 0.414 e. The fraction of sp³-hybridized carbons (Fsp3) is 0.400. The molecule has 2 aliphatic heterocycles. The standard InChI is InChI=1S/C15H18N4O3/c1-10(20)18-7-6-17-14(18)11-2-4-12(5-3-11)19-9-13(8-16)22-15(19)21/h2-5,13H,6-9,16H2,1H3/t13-/m0/s1. The lowest BCUT2D eigenvalue weighted by Crippen LogP contribution is -2.32. The maximum absolute atomic E-state index is 11.8. The van der Waals surface area contributed by atoms with Gasteiger partial charge in [-0.05, 0) is 24.3 Å². The molecule has 22 heavy (non-hydrogen) atoms. The molecule has 0 radical (unpaired) electrons. The molecule has 7 nitrogen and oxygen atoms in total. The second kappa shape index (κ2) is 5.76. The van der Waals surface area contributed by atoms with E-state index in [-0.39, 0.29) is 18.1 Å². The number of rotatable bonds is 3. The first kappa shape index (κ1) is 14.5. The van der Waals surface area contributed by atoms with Gasteiger partial charge in [0.25, 0.3) is 0 Å². The van der Waals surface area contributed by atoms with E-state index in [2.05, 4.69) is 4.99 Å². The van der Waals surface area contributed by atoms with Crippen LogP contribution < -0.4 is 10.6 Å². The molecule has 1 fully saturated rings. The van der Waals surface area contributed by atoms with E-state index in [0.717, 1.165) is 11.3 Å². The summed E-state index contributed by atoms with van der Waals surface area (Å²) in [6.45, 7) is 3.53. The average molecular weight is 302 g/mol. The van der Waals surface area contributed by atoms with Gasteiger partial charge in [0.15, 0.2) is 0 Å². The first-order chi connectivity index (χ1) is 10.6. The smallest absolute Gasteiger partial charge is 0.414 e. The van der Waals surface area contributed by atoms with Crippen LogP contribution in [0, 0.1) is 0 Å². The van der Waals surface area contributed by atoms with E-state index in [4.69, 9.17) is 10.5 Å². The number of amides is 2. The molecular formula is C15H18N4O3. The molecular weight excluding hydrogens is 284 g/mol. The SMILES string of the molecule is CC(=O)N1CCN=C1c1ccc(N2C[C@H](CN)OC2=O)cc1. The molecule has 1 aromatic carbocycles. The van der Waals surface area contributed by atoms with Crippen molar-refractivity contribution in [2.75, 3.05) is 31.1 Å². The van der Waals surface area contributed by atoms with Crippen molar-refractivity contribution in [3.05, 3.63) is 29.8 Å². The number of benzene rings is 1. The second-order valence-corrected chi connectivity index (χ2v) is 5.27. The Morgan fingerprint density at radius 3 is 2.73 bits per heavy atom. The summed E-state index contributed by atoms with van der Waals surface area (Å²) in [4.78, 5) is 31.0. The number of aliphatic imine (C=N–C) groups is 1. The number of ether oxygens (including phenoxy) is 1. The van der Waals surface area contributed by atoms with Crippen LogP contribution in [0.15, 0.2) is 29.3 Å². The molecule has 0 unspecified atom stereocenters. The second-order valence-electron chi connectivity index (χ2n) is 5.27. The Kier molecular flexibility index (Phi) is 3.81. The number of nitrogens with zero attached hydrogens (tertiary/aromatic N) is 3. The molecule has 0 bridgehead atoms. The molecule has 2 amide bonds. The van der Waals surface area contributed by atoms with Crippen molar-refractivity contribution in [3.8, 4) is 0 Å². The number of cyclic esters (lactones) is 1. The minimum atomic E-state index is -0.383. The molecule has 7 heteroatoms. The minimum absolute atomic E-state index is 0.0192. The van der Waals surface area contributed by atoms with Crippen LogP contribution in [0.25, 0.3) is 0 Å². The Bertz CT molecular complexity index is 626. The Hall–Kier alpha value is -2.41. The Morgan fingerprint density at radius 1 is 1.41 bits per heavy atom. The molecule has 116 valence electrons. The predicted molar refractivity (Wildman–Crippen MR) is 81.9 cm³/mol. The maximum atomic E-state index is 11.8. The summed E-state index contributed by atoms with van der Waals surface area (Å²) >= 11 is 0. The van der Waals surface area contributed by atoms with Crippen molar-refractivity contribution in [1.82, 2.24) is 4.90 Å². The van der Waals surface area contributed by atoms with Gasteiger partial charge >= 0.3 is 6.09 Å². The fourth-order valence-corrected chi connectivity index (χ4v) is 2.65. The van der Waals surface area contributed by atoms with E-state index < -0.39 is 0 Å². The monoisotopic (exact) mass is 302 g/mol. The number of carbonyl (C=O) groups excluding carboxylic acids is 2. The van der Waals surface area contributed by atoms with Crippen LogP contribution in [0.2, 0.25) is 0 Å². The lowest BCUT2D eigenvalue weighted by Gasteiger charge is -2.17. The van der Waals surface area contributed by atoms with E-state index in [0.29, 0.717) is 32.0 Å². The molecule has 0 saturated carbocycles. The third-order valence-corrected chi connectivity index (χ3v) is 3.80. The summed E-state index contributed by atoms with van der Waals surface area (Å²) in [7, 11) is 0. The largest absolute Gasteiger partial charge is 0.443 e. The molecule has 0 spiro atoms. The van der Waals surface area contributed by atoms with Gasteiger partial charge in [-0.2, -0.15) is 0 Å². The zero-order valence-electron chi connectivity index (χ0n) is 12.4. The number of hydrogen-bond acceptors (Lipinski definition) is 5. The topological polar surface area (TPSA) is 88.2 Å². The number of anilines is 1. The first-order valence-corrected chi connectivity index (χ1v) is 7.21. The molecule has 0 aliphatic carbocycles. The van der Waals surface area contributed by atoms with Gasteiger partial charge in [-0.15, -0.1) is 0 Å². The van der Waals surface area contributed by atoms with Crippen molar-refractivity contribution in [3.63, 3.8) is 0 Å². The zero-order chi connectivity index (χ0) is 15.7. The number of hydrogen-bond donors (Lipinski definition) is 1. The number of nitrogens with two attached hydrogens (primary N) is 1. The van der Waals surface area contributed by atoms with Crippen LogP contribution in [0.5, 0.6) is 0 Å². The van der Waals surface area contributed by atoms with Gasteiger partial charge in [-0.1, -0.05) is 0 Å². The van der Waals surface area contributed by atoms with Crippen LogP contribution in [-0.4, -0.2) is 55.0 Å². The normalized spacial score (nSPS) is 21.1. The number of amidine groups is 1. The van der Waals surface area contributed by atoms with Crippen LogP contribution >= 0.6 is 0 Å². The van der Waals surface area contributed by atoms with Gasteiger partial charge in [0.05, 0.1) is 13.1 Å². The third kappa shape index (κ3) is 2.55. The lowest BCUT2D eigenvalue weighted by atomic mass is 10.1. The summed E-state index contributed by atoms with van der Waals surface area (Å²) in [5, 5.41) is 0. The lowest BCUT2D eigenvalue weighted by molar-refractivity contribution is -0.124. The Morgan fingerprint density at radius 2 is 2.14 bits per heavy atom. The van der Waals surface area contributed by atoms with Gasteiger partial charge in [0, 0.05) is 31.3 Å². The zero-order valence-corrected chi connectivity index (χ0v) is 12.4. The summed E-state index contributed by atoms with van der Waals surface area (Å²) < 4.78 is 5.14. The van der Waals surface area contributed by atoms with Gasteiger partial charge in [0.2, 0.25) is 5.91 Å². The van der Waals surface area contributed by atoms with Crippen LogP contribution in [0.3, 0.4) is 0 Å². The summed E-state index contributed by atoms with van der Waals surface area (Å²) in [6.07, 6.45) is -0.647. The van der Waals surface area contributed by atoms with Crippen molar-refractivity contribution in [1.29, 1.82) is 0 Å². The number of carbonyl (C=O) groups is 2. The molecule has 3 rings (SSSR count). The fourth-order valence-electron chi connectivity index (χ4n) is 2.65. The molecule has 0 aromatic heterocycles. The van der Waals surface area contributed by atoms with E-state index in [1.807, 2.05) is 24.3 Å². The van der Waals surface area contributed by atoms with Crippen LogP contribution in [0.1, 0.15) is 12.5 Å². The molecule has 1 saturated heterocycles. The minimum Gasteiger partial charge on any atom is -0.443 e. The van der Waals surface area contributed by atoms with Gasteiger partial charge in [-0.25, -0.2) is 4.79 Å². The van der Waals surface area contributed by atoms with Gasteiger partial charge in [-0.3, -0.25) is 19.6 Å². The predicted octanol–water partition coefficient (Wildman–Crippen LogP) is 0.579. The van der Waals surface area contributed by atoms with Crippen molar-refractivity contribution in [2.24, 2.45) is 10.7 Å². The quantitative estimate of drug-likeness (QED) is 0.884. The summed E-state index contributed by atoms with van der Waals surface area (Å²) in [6, 6.07) is 7.38. The summed E-state index contributed by atoms with van der Waals surface area (Å²) in [5.41, 5.74) is 7.14. The van der Waals surface area contributed by atoms with E-state index in [1.165, 1.54) is 6.92 Å². The first-order valence-electron chi connectivity index (χ1n) is 7.21. The van der Waals surface area contributed by atoms with Crippen LogP contribution in [0.4, 0.5) is 10.5 Å². The highest BCUT2D eigenvalue weighted by Gasteiger charge is 2.31. The third-order valence-electron chi connectivity index (χ3n) is 3.80. The highest BCUT2D eigenvalue weighted by Crippen LogP contribution is 2.23.